The number of phenols is 2. The van der Waals surface area contributed by atoms with Crippen LogP contribution in [0.3, 0.4) is 0 Å². The minimum Gasteiger partial charge on any atom is -0.507 e. The van der Waals surface area contributed by atoms with Crippen molar-refractivity contribution in [3.05, 3.63) is 94.0 Å². The smallest absolute Gasteiger partial charge is 0.127 e. The molecule has 2 N–H and O–H groups in total. The van der Waals surface area contributed by atoms with Crippen molar-refractivity contribution in [2.75, 3.05) is 0 Å². The third-order valence-corrected chi connectivity index (χ3v) is 6.92. The van der Waals surface area contributed by atoms with Crippen molar-refractivity contribution >= 4 is 34.6 Å². The van der Waals surface area contributed by atoms with Gasteiger partial charge < -0.3 is 10.2 Å². The molecule has 0 amide bonds. The molecule has 0 spiro atoms. The standard InChI is InChI=1S/C34H38N2O2/c1-5-11-23-15-25(7-3)33(37)29(17-23)21-35-31-19-27-13-9-10-14-28(27)20-32(31)36-22-30-18-24(12-6-2)16-26(8-4)34(30)38/h9-10,13-22,37-38H,5-8,11-12H2,1-4H3. The zero-order valence-corrected chi connectivity index (χ0v) is 23.0. The Morgan fingerprint density at radius 1 is 0.605 bits per heavy atom. The Kier molecular flexibility index (Phi) is 8.96. The third kappa shape index (κ3) is 6.13. The molecule has 0 atom stereocenters. The average Bonchev–Trinajstić information content (AvgIpc) is 2.93. The maximum absolute atomic E-state index is 10.9. The minimum absolute atomic E-state index is 0.284. The first kappa shape index (κ1) is 27.1. The zero-order valence-electron chi connectivity index (χ0n) is 23.0. The van der Waals surface area contributed by atoms with E-state index in [-0.39, 0.29) is 11.5 Å². The molecule has 4 aromatic rings. The van der Waals surface area contributed by atoms with E-state index in [1.807, 2.05) is 36.4 Å². The van der Waals surface area contributed by atoms with E-state index in [4.69, 9.17) is 9.98 Å². The molecule has 0 radical (unpaired) electrons. The molecule has 0 aromatic heterocycles. The highest BCUT2D eigenvalue weighted by Crippen LogP contribution is 2.34. The number of aryl methyl sites for hydroxylation is 4. The van der Waals surface area contributed by atoms with E-state index in [0.717, 1.165) is 60.4 Å². The van der Waals surface area contributed by atoms with Crippen LogP contribution in [0, 0.1) is 0 Å². The van der Waals surface area contributed by atoms with Gasteiger partial charge in [-0.15, -0.1) is 0 Å². The third-order valence-electron chi connectivity index (χ3n) is 6.92. The van der Waals surface area contributed by atoms with E-state index < -0.39 is 0 Å². The van der Waals surface area contributed by atoms with Gasteiger partial charge in [0.2, 0.25) is 0 Å². The van der Waals surface area contributed by atoms with E-state index in [2.05, 4.69) is 52.0 Å². The van der Waals surface area contributed by atoms with Crippen molar-refractivity contribution in [2.45, 2.75) is 66.2 Å². The molecule has 0 bridgehead atoms. The van der Waals surface area contributed by atoms with Crippen LogP contribution in [0.15, 0.2) is 70.6 Å². The summed E-state index contributed by atoms with van der Waals surface area (Å²) in [6, 6.07) is 20.4. The molecule has 4 heteroatoms. The number of hydrogen-bond acceptors (Lipinski definition) is 4. The molecule has 0 saturated heterocycles. The molecule has 0 aliphatic heterocycles. The van der Waals surface area contributed by atoms with E-state index >= 15 is 0 Å². The van der Waals surface area contributed by atoms with Gasteiger partial charge in [-0.25, -0.2) is 0 Å². The maximum Gasteiger partial charge on any atom is 0.127 e. The second-order valence-corrected chi connectivity index (χ2v) is 9.80. The summed E-state index contributed by atoms with van der Waals surface area (Å²) in [4.78, 5) is 9.64. The zero-order chi connectivity index (χ0) is 27.1. The summed E-state index contributed by atoms with van der Waals surface area (Å²) in [5.74, 6) is 0.568. The molecule has 0 fully saturated rings. The van der Waals surface area contributed by atoms with Crippen LogP contribution in [0.5, 0.6) is 11.5 Å². The minimum atomic E-state index is 0.284. The van der Waals surface area contributed by atoms with E-state index in [0.29, 0.717) is 22.5 Å². The first-order valence-electron chi connectivity index (χ1n) is 13.8. The molecule has 0 heterocycles. The molecule has 0 aliphatic rings. The lowest BCUT2D eigenvalue weighted by molar-refractivity contribution is 0.467. The second kappa shape index (κ2) is 12.6. The van der Waals surface area contributed by atoms with Crippen LogP contribution in [0.2, 0.25) is 0 Å². The number of rotatable bonds is 10. The van der Waals surface area contributed by atoms with Gasteiger partial charge in [0, 0.05) is 23.6 Å². The average molecular weight is 507 g/mol. The van der Waals surface area contributed by atoms with Crippen molar-refractivity contribution in [1.82, 2.24) is 0 Å². The molecule has 0 unspecified atom stereocenters. The Morgan fingerprint density at radius 3 is 1.39 bits per heavy atom. The summed E-state index contributed by atoms with van der Waals surface area (Å²) < 4.78 is 0. The predicted octanol–water partition coefficient (Wildman–Crippen LogP) is 8.78. The van der Waals surface area contributed by atoms with Crippen molar-refractivity contribution in [3.63, 3.8) is 0 Å². The van der Waals surface area contributed by atoms with Gasteiger partial charge in [-0.3, -0.25) is 9.98 Å². The maximum atomic E-state index is 10.9. The summed E-state index contributed by atoms with van der Waals surface area (Å²) in [7, 11) is 0. The molecular weight excluding hydrogens is 468 g/mol. The number of aliphatic imine (C=N–C) groups is 2. The van der Waals surface area contributed by atoms with E-state index in [1.54, 1.807) is 12.4 Å². The normalized spacial score (nSPS) is 11.8. The first-order chi connectivity index (χ1) is 18.5. The fourth-order valence-corrected chi connectivity index (χ4v) is 4.88. The molecule has 4 rings (SSSR count). The second-order valence-electron chi connectivity index (χ2n) is 9.80. The summed E-state index contributed by atoms with van der Waals surface area (Å²) in [6.07, 6.45) is 9.00. The fraction of sp³-hybridized carbons (Fsp3) is 0.294. The van der Waals surface area contributed by atoms with Crippen LogP contribution in [0.25, 0.3) is 10.8 Å². The van der Waals surface area contributed by atoms with Gasteiger partial charge in [0.15, 0.2) is 0 Å². The van der Waals surface area contributed by atoms with Crippen molar-refractivity contribution < 1.29 is 10.2 Å². The Morgan fingerprint density at radius 2 is 1.03 bits per heavy atom. The Hall–Kier alpha value is -3.92. The van der Waals surface area contributed by atoms with E-state index in [1.165, 1.54) is 11.1 Å². The fourth-order valence-electron chi connectivity index (χ4n) is 4.88. The molecule has 0 aliphatic carbocycles. The van der Waals surface area contributed by atoms with Crippen LogP contribution in [0.1, 0.15) is 73.9 Å². The van der Waals surface area contributed by atoms with Gasteiger partial charge in [-0.1, -0.05) is 76.9 Å². The summed E-state index contributed by atoms with van der Waals surface area (Å²) in [6.45, 7) is 8.42. The van der Waals surface area contributed by atoms with Crippen LogP contribution < -0.4 is 0 Å². The van der Waals surface area contributed by atoms with Crippen LogP contribution >= 0.6 is 0 Å². The molecule has 4 nitrogen and oxygen atoms in total. The Balaban J connectivity index is 1.80. The Bertz CT molecular complexity index is 1370. The number of fused-ring (bicyclic) bond motifs is 1. The summed E-state index contributed by atoms with van der Waals surface area (Å²) in [5, 5.41) is 23.8. The lowest BCUT2D eigenvalue weighted by Gasteiger charge is -2.10. The lowest BCUT2D eigenvalue weighted by atomic mass is 10.00. The van der Waals surface area contributed by atoms with Crippen molar-refractivity contribution in [1.29, 1.82) is 0 Å². The van der Waals surface area contributed by atoms with Gasteiger partial charge in [-0.05, 0) is 83.0 Å². The van der Waals surface area contributed by atoms with E-state index in [9.17, 15) is 10.2 Å². The molecule has 196 valence electrons. The lowest BCUT2D eigenvalue weighted by Crippen LogP contribution is -1.94. The number of benzene rings is 4. The largest absolute Gasteiger partial charge is 0.507 e. The highest BCUT2D eigenvalue weighted by molar-refractivity contribution is 5.96. The number of phenolic OH excluding ortho intramolecular Hbond substituents is 2. The molecular formula is C34H38N2O2. The van der Waals surface area contributed by atoms with Crippen molar-refractivity contribution in [3.8, 4) is 11.5 Å². The summed E-state index contributed by atoms with van der Waals surface area (Å²) in [5.41, 5.74) is 7.12. The van der Waals surface area contributed by atoms with Crippen LogP contribution in [-0.4, -0.2) is 22.6 Å². The van der Waals surface area contributed by atoms with Gasteiger partial charge in [0.25, 0.3) is 0 Å². The monoisotopic (exact) mass is 506 g/mol. The SMILES string of the molecule is CCCc1cc(C=Nc2cc3ccccc3cc2N=Cc2cc(CCC)cc(CC)c2O)c(O)c(CC)c1. The Labute approximate surface area is 226 Å². The quantitative estimate of drug-likeness (QED) is 0.211. The topological polar surface area (TPSA) is 65.2 Å². The summed E-state index contributed by atoms with van der Waals surface area (Å²) >= 11 is 0. The van der Waals surface area contributed by atoms with Crippen LogP contribution in [0.4, 0.5) is 11.4 Å². The molecule has 4 aromatic carbocycles. The highest BCUT2D eigenvalue weighted by Gasteiger charge is 2.10. The first-order valence-corrected chi connectivity index (χ1v) is 13.8. The van der Waals surface area contributed by atoms with Gasteiger partial charge >= 0.3 is 0 Å². The number of nitrogens with zero attached hydrogens (tertiary/aromatic N) is 2. The number of aromatic hydroxyl groups is 2. The van der Waals surface area contributed by atoms with Crippen molar-refractivity contribution in [2.24, 2.45) is 9.98 Å². The van der Waals surface area contributed by atoms with Gasteiger partial charge in [0.05, 0.1) is 11.4 Å². The van der Waals surface area contributed by atoms with Gasteiger partial charge in [0.1, 0.15) is 11.5 Å². The molecule has 0 saturated carbocycles. The number of hydrogen-bond donors (Lipinski definition) is 2. The van der Waals surface area contributed by atoms with Gasteiger partial charge in [-0.2, -0.15) is 0 Å². The van der Waals surface area contributed by atoms with Crippen LogP contribution in [-0.2, 0) is 25.7 Å². The molecule has 38 heavy (non-hydrogen) atoms. The predicted molar refractivity (Wildman–Crippen MR) is 161 cm³/mol. The highest BCUT2D eigenvalue weighted by atomic mass is 16.3.